The lowest BCUT2D eigenvalue weighted by molar-refractivity contribution is 0.102. The maximum absolute atomic E-state index is 12.8. The average molecular weight is 418 g/mol. The van der Waals surface area contributed by atoms with E-state index in [1.54, 1.807) is 43.9 Å². The SMILES string of the molecule is COc1ccc(C(=O)Nc2ccc(N3CCCCC3)nc2)cc1OCc1ccncc1. The molecular formula is C24H26N4O3. The number of ether oxygens (including phenoxy) is 2. The molecule has 7 heteroatoms. The number of pyridine rings is 2. The van der Waals surface area contributed by atoms with Crippen molar-refractivity contribution in [1.82, 2.24) is 9.97 Å². The molecule has 7 nitrogen and oxygen atoms in total. The van der Waals surface area contributed by atoms with Gasteiger partial charge in [0.1, 0.15) is 12.4 Å². The van der Waals surface area contributed by atoms with E-state index in [-0.39, 0.29) is 5.91 Å². The molecule has 1 fully saturated rings. The first-order chi connectivity index (χ1) is 15.2. The zero-order valence-corrected chi connectivity index (χ0v) is 17.6. The molecule has 0 unspecified atom stereocenters. The van der Waals surface area contributed by atoms with Crippen molar-refractivity contribution in [2.45, 2.75) is 25.9 Å². The van der Waals surface area contributed by atoms with Crippen molar-refractivity contribution in [1.29, 1.82) is 0 Å². The van der Waals surface area contributed by atoms with Gasteiger partial charge >= 0.3 is 0 Å². The number of anilines is 2. The highest BCUT2D eigenvalue weighted by atomic mass is 16.5. The summed E-state index contributed by atoms with van der Waals surface area (Å²) in [5.74, 6) is 1.79. The van der Waals surface area contributed by atoms with Crippen molar-refractivity contribution in [2.75, 3.05) is 30.4 Å². The van der Waals surface area contributed by atoms with Crippen molar-refractivity contribution in [3.63, 3.8) is 0 Å². The molecule has 1 N–H and O–H groups in total. The highest BCUT2D eigenvalue weighted by Crippen LogP contribution is 2.29. The fourth-order valence-electron chi connectivity index (χ4n) is 3.54. The third kappa shape index (κ3) is 5.31. The number of hydrogen-bond donors (Lipinski definition) is 1. The molecule has 3 heterocycles. The van der Waals surface area contributed by atoms with E-state index in [2.05, 4.69) is 20.2 Å². The summed E-state index contributed by atoms with van der Waals surface area (Å²) in [7, 11) is 1.57. The second-order valence-corrected chi connectivity index (χ2v) is 7.42. The van der Waals surface area contributed by atoms with Crippen molar-refractivity contribution < 1.29 is 14.3 Å². The molecule has 160 valence electrons. The summed E-state index contributed by atoms with van der Waals surface area (Å²) >= 11 is 0. The molecule has 1 aliphatic rings. The molecular weight excluding hydrogens is 392 g/mol. The van der Waals surface area contributed by atoms with Crippen LogP contribution in [-0.2, 0) is 6.61 Å². The predicted molar refractivity (Wildman–Crippen MR) is 120 cm³/mol. The second-order valence-electron chi connectivity index (χ2n) is 7.42. The van der Waals surface area contributed by atoms with Crippen LogP contribution in [0.25, 0.3) is 0 Å². The molecule has 4 rings (SSSR count). The Balaban J connectivity index is 1.42. The number of amides is 1. The first-order valence-electron chi connectivity index (χ1n) is 10.4. The van der Waals surface area contributed by atoms with E-state index in [1.807, 2.05) is 24.3 Å². The summed E-state index contributed by atoms with van der Waals surface area (Å²) in [5.41, 5.74) is 2.11. The second kappa shape index (κ2) is 9.93. The summed E-state index contributed by atoms with van der Waals surface area (Å²) in [6.45, 7) is 2.42. The van der Waals surface area contributed by atoms with E-state index in [0.717, 1.165) is 24.5 Å². The first-order valence-corrected chi connectivity index (χ1v) is 10.4. The van der Waals surface area contributed by atoms with Crippen LogP contribution in [0.3, 0.4) is 0 Å². The molecule has 0 bridgehead atoms. The quantitative estimate of drug-likeness (QED) is 0.616. The van der Waals surface area contributed by atoms with Gasteiger partial charge in [0.25, 0.3) is 5.91 Å². The molecule has 3 aromatic rings. The number of benzene rings is 1. The number of piperidine rings is 1. The van der Waals surface area contributed by atoms with Crippen molar-refractivity contribution in [3.05, 3.63) is 72.2 Å². The van der Waals surface area contributed by atoms with Gasteiger partial charge in [0.05, 0.1) is 19.0 Å². The third-order valence-electron chi connectivity index (χ3n) is 5.26. The predicted octanol–water partition coefficient (Wildman–Crippen LogP) is 4.31. The standard InChI is InChI=1S/C24H26N4O3/c1-30-21-7-5-19(15-22(21)31-17-18-9-11-25-12-10-18)24(29)27-20-6-8-23(26-16-20)28-13-3-2-4-14-28/h5-12,15-16H,2-4,13-14,17H2,1H3,(H,27,29). The van der Waals surface area contributed by atoms with E-state index >= 15 is 0 Å². The topological polar surface area (TPSA) is 76.6 Å². The zero-order chi connectivity index (χ0) is 21.5. The van der Waals surface area contributed by atoms with Crippen LogP contribution in [-0.4, -0.2) is 36.1 Å². The number of hydrogen-bond acceptors (Lipinski definition) is 6. The molecule has 1 amide bonds. The summed E-state index contributed by atoms with van der Waals surface area (Å²) in [4.78, 5) is 23.6. The van der Waals surface area contributed by atoms with Gasteiger partial charge in [-0.25, -0.2) is 4.98 Å². The molecule has 0 radical (unpaired) electrons. The Morgan fingerprint density at radius 2 is 1.84 bits per heavy atom. The average Bonchev–Trinajstić information content (AvgIpc) is 2.84. The highest BCUT2D eigenvalue weighted by Gasteiger charge is 2.14. The van der Waals surface area contributed by atoms with Crippen LogP contribution in [0, 0.1) is 0 Å². The number of aromatic nitrogens is 2. The third-order valence-corrected chi connectivity index (χ3v) is 5.26. The van der Waals surface area contributed by atoms with Gasteiger partial charge in [0, 0.05) is 31.0 Å². The number of nitrogens with zero attached hydrogens (tertiary/aromatic N) is 3. The van der Waals surface area contributed by atoms with Gasteiger partial charge in [-0.05, 0) is 67.3 Å². The van der Waals surface area contributed by atoms with Crippen LogP contribution in [0.4, 0.5) is 11.5 Å². The van der Waals surface area contributed by atoms with Gasteiger partial charge in [-0.15, -0.1) is 0 Å². The number of nitrogens with one attached hydrogen (secondary N) is 1. The van der Waals surface area contributed by atoms with Crippen molar-refractivity contribution in [2.24, 2.45) is 0 Å². The molecule has 0 atom stereocenters. The molecule has 0 saturated carbocycles. The summed E-state index contributed by atoms with van der Waals surface area (Å²) < 4.78 is 11.3. The number of methoxy groups -OCH3 is 1. The first kappa shape index (κ1) is 20.7. The van der Waals surface area contributed by atoms with Crippen LogP contribution in [0.15, 0.2) is 61.1 Å². The van der Waals surface area contributed by atoms with Crippen LogP contribution in [0.2, 0.25) is 0 Å². The van der Waals surface area contributed by atoms with E-state index < -0.39 is 0 Å². The van der Waals surface area contributed by atoms with Gasteiger partial charge in [-0.1, -0.05) is 0 Å². The lowest BCUT2D eigenvalue weighted by Crippen LogP contribution is -2.30. The summed E-state index contributed by atoms with van der Waals surface area (Å²) in [5, 5.41) is 2.90. The summed E-state index contributed by atoms with van der Waals surface area (Å²) in [6, 6.07) is 12.7. The Kier molecular flexibility index (Phi) is 6.62. The van der Waals surface area contributed by atoms with Gasteiger partial charge in [-0.3, -0.25) is 9.78 Å². The molecule has 2 aromatic heterocycles. The molecule has 1 aliphatic heterocycles. The molecule has 1 saturated heterocycles. The molecule has 0 spiro atoms. The number of carbonyl (C=O) groups is 1. The molecule has 1 aromatic carbocycles. The minimum Gasteiger partial charge on any atom is -0.493 e. The van der Waals surface area contributed by atoms with Crippen LogP contribution in [0.1, 0.15) is 35.2 Å². The smallest absolute Gasteiger partial charge is 0.255 e. The maximum atomic E-state index is 12.8. The van der Waals surface area contributed by atoms with E-state index in [0.29, 0.717) is 29.4 Å². The van der Waals surface area contributed by atoms with Crippen molar-refractivity contribution >= 4 is 17.4 Å². The Morgan fingerprint density at radius 1 is 1.03 bits per heavy atom. The minimum absolute atomic E-state index is 0.232. The Morgan fingerprint density at radius 3 is 2.55 bits per heavy atom. The minimum atomic E-state index is -0.232. The van der Waals surface area contributed by atoms with Gasteiger partial charge in [0.2, 0.25) is 0 Å². The van der Waals surface area contributed by atoms with Gasteiger partial charge in [0.15, 0.2) is 11.5 Å². The normalized spacial score (nSPS) is 13.5. The molecule has 0 aliphatic carbocycles. The lowest BCUT2D eigenvalue weighted by Gasteiger charge is -2.27. The fourth-order valence-corrected chi connectivity index (χ4v) is 3.54. The monoisotopic (exact) mass is 418 g/mol. The van der Waals surface area contributed by atoms with Crippen molar-refractivity contribution in [3.8, 4) is 11.5 Å². The lowest BCUT2D eigenvalue weighted by atomic mass is 10.1. The van der Waals surface area contributed by atoms with Crippen LogP contribution < -0.4 is 19.7 Å². The Hall–Kier alpha value is -3.61. The van der Waals surface area contributed by atoms with E-state index in [4.69, 9.17) is 9.47 Å². The van der Waals surface area contributed by atoms with E-state index in [1.165, 1.54) is 19.3 Å². The van der Waals surface area contributed by atoms with Crippen LogP contribution in [0.5, 0.6) is 11.5 Å². The Labute approximate surface area is 182 Å². The van der Waals surface area contributed by atoms with E-state index in [9.17, 15) is 4.79 Å². The number of rotatable bonds is 7. The molecule has 31 heavy (non-hydrogen) atoms. The van der Waals surface area contributed by atoms with Gasteiger partial charge in [-0.2, -0.15) is 0 Å². The highest BCUT2D eigenvalue weighted by molar-refractivity contribution is 6.04. The van der Waals surface area contributed by atoms with Gasteiger partial charge < -0.3 is 19.7 Å². The maximum Gasteiger partial charge on any atom is 0.255 e. The number of carbonyl (C=O) groups excluding carboxylic acids is 1. The summed E-state index contributed by atoms with van der Waals surface area (Å²) in [6.07, 6.45) is 8.80. The Bertz CT molecular complexity index is 1000. The largest absolute Gasteiger partial charge is 0.493 e. The fraction of sp³-hybridized carbons (Fsp3) is 0.292. The zero-order valence-electron chi connectivity index (χ0n) is 17.6. The van der Waals surface area contributed by atoms with Crippen LogP contribution >= 0.6 is 0 Å².